The van der Waals surface area contributed by atoms with Crippen LogP contribution >= 0.6 is 0 Å². The van der Waals surface area contributed by atoms with Gasteiger partial charge in [-0.25, -0.2) is 4.98 Å². The molecule has 0 spiro atoms. The molecule has 0 saturated carbocycles. The van der Waals surface area contributed by atoms with Gasteiger partial charge in [0.1, 0.15) is 12.2 Å². The fourth-order valence-corrected chi connectivity index (χ4v) is 1.87. The van der Waals surface area contributed by atoms with E-state index in [9.17, 15) is 0 Å². The van der Waals surface area contributed by atoms with E-state index >= 15 is 0 Å². The first-order chi connectivity index (χ1) is 7.54. The molecule has 4 heteroatoms. The summed E-state index contributed by atoms with van der Waals surface area (Å²) >= 11 is 0. The van der Waals surface area contributed by atoms with Crippen molar-refractivity contribution < 1.29 is 0 Å². The van der Waals surface area contributed by atoms with Crippen molar-refractivity contribution in [3.63, 3.8) is 0 Å². The third-order valence-electron chi connectivity index (χ3n) is 2.95. The zero-order valence-corrected chi connectivity index (χ0v) is 11.1. The van der Waals surface area contributed by atoms with Crippen molar-refractivity contribution >= 4 is 0 Å². The predicted molar refractivity (Wildman–Crippen MR) is 66.3 cm³/mol. The van der Waals surface area contributed by atoms with Crippen LogP contribution in [0.3, 0.4) is 0 Å². The van der Waals surface area contributed by atoms with Crippen molar-refractivity contribution in [2.75, 3.05) is 0 Å². The number of aryl methyl sites for hydroxylation is 1. The zero-order valence-electron chi connectivity index (χ0n) is 11.1. The summed E-state index contributed by atoms with van der Waals surface area (Å²) in [5.74, 6) is 1.66. The van der Waals surface area contributed by atoms with Gasteiger partial charge in [0.05, 0.1) is 0 Å². The van der Waals surface area contributed by atoms with E-state index in [-0.39, 0.29) is 0 Å². The van der Waals surface area contributed by atoms with Crippen LogP contribution in [0.15, 0.2) is 6.33 Å². The minimum Gasteiger partial charge on any atom is -0.312 e. The minimum atomic E-state index is 0.502. The average molecular weight is 224 g/mol. The molecular formula is C12H24N4. The third kappa shape index (κ3) is 3.59. The van der Waals surface area contributed by atoms with Gasteiger partial charge in [0.15, 0.2) is 0 Å². The zero-order chi connectivity index (χ0) is 12.1. The summed E-state index contributed by atoms with van der Waals surface area (Å²) in [5.41, 5.74) is 0. The van der Waals surface area contributed by atoms with Crippen molar-refractivity contribution in [2.45, 2.75) is 59.7 Å². The van der Waals surface area contributed by atoms with E-state index in [4.69, 9.17) is 0 Å². The molecule has 0 fully saturated rings. The molecule has 0 bridgehead atoms. The lowest BCUT2D eigenvalue weighted by Gasteiger charge is -2.23. The Bertz CT molecular complexity index is 306. The van der Waals surface area contributed by atoms with Crippen molar-refractivity contribution in [3.8, 4) is 0 Å². The molecule has 1 aromatic heterocycles. The van der Waals surface area contributed by atoms with E-state index in [1.54, 1.807) is 6.33 Å². The lowest BCUT2D eigenvalue weighted by molar-refractivity contribution is 0.362. The molecule has 0 amide bonds. The summed E-state index contributed by atoms with van der Waals surface area (Å²) in [7, 11) is 0. The molecule has 16 heavy (non-hydrogen) atoms. The van der Waals surface area contributed by atoms with Crippen LogP contribution in [0.5, 0.6) is 0 Å². The fourth-order valence-electron chi connectivity index (χ4n) is 1.87. The van der Waals surface area contributed by atoms with Crippen molar-refractivity contribution in [3.05, 3.63) is 12.2 Å². The molecule has 0 aliphatic heterocycles. The summed E-state index contributed by atoms with van der Waals surface area (Å²) in [5, 5.41) is 7.73. The first-order valence-electron chi connectivity index (χ1n) is 6.17. The second kappa shape index (κ2) is 5.99. The molecule has 1 rings (SSSR count). The summed E-state index contributed by atoms with van der Waals surface area (Å²) in [6, 6.07) is 1.03. The van der Waals surface area contributed by atoms with Crippen LogP contribution < -0.4 is 5.32 Å². The number of aromatic nitrogens is 3. The van der Waals surface area contributed by atoms with E-state index in [1.165, 1.54) is 0 Å². The molecule has 0 aliphatic carbocycles. The summed E-state index contributed by atoms with van der Waals surface area (Å²) in [6.45, 7) is 11.8. The second-order valence-corrected chi connectivity index (χ2v) is 4.78. The van der Waals surface area contributed by atoms with E-state index in [0.29, 0.717) is 18.0 Å². The van der Waals surface area contributed by atoms with Crippen LogP contribution in [-0.4, -0.2) is 26.8 Å². The van der Waals surface area contributed by atoms with Gasteiger partial charge in [0.25, 0.3) is 0 Å². The van der Waals surface area contributed by atoms with Crippen LogP contribution in [0.4, 0.5) is 0 Å². The molecule has 2 unspecified atom stereocenters. The number of hydrogen-bond donors (Lipinski definition) is 1. The van der Waals surface area contributed by atoms with Gasteiger partial charge in [-0.05, 0) is 19.8 Å². The first-order valence-corrected chi connectivity index (χ1v) is 6.17. The van der Waals surface area contributed by atoms with E-state index < -0.39 is 0 Å². The van der Waals surface area contributed by atoms with E-state index in [0.717, 1.165) is 18.8 Å². The number of nitrogens with zero attached hydrogens (tertiary/aromatic N) is 3. The first kappa shape index (κ1) is 13.2. The standard InChI is InChI=1S/C12H24N4/c1-6-16-12(13-8-14-16)7-10(4)11(5)15-9(2)3/h8-11,15H,6-7H2,1-5H3. The summed E-state index contributed by atoms with van der Waals surface area (Å²) in [6.07, 6.45) is 2.63. The van der Waals surface area contributed by atoms with Gasteiger partial charge in [-0.1, -0.05) is 20.8 Å². The molecule has 0 aliphatic rings. The largest absolute Gasteiger partial charge is 0.312 e. The van der Waals surface area contributed by atoms with Gasteiger partial charge in [-0.3, -0.25) is 4.68 Å². The predicted octanol–water partition coefficient (Wildman–Crippen LogP) is 1.86. The Labute approximate surface area is 98.5 Å². The Balaban J connectivity index is 2.53. The van der Waals surface area contributed by atoms with E-state index in [1.807, 2.05) is 4.68 Å². The normalized spacial score (nSPS) is 15.4. The van der Waals surface area contributed by atoms with Crippen molar-refractivity contribution in [1.82, 2.24) is 20.1 Å². The lowest BCUT2D eigenvalue weighted by Crippen LogP contribution is -2.38. The lowest BCUT2D eigenvalue weighted by atomic mass is 9.99. The monoisotopic (exact) mass is 224 g/mol. The van der Waals surface area contributed by atoms with Gasteiger partial charge >= 0.3 is 0 Å². The van der Waals surface area contributed by atoms with Crippen LogP contribution in [0, 0.1) is 5.92 Å². The topological polar surface area (TPSA) is 42.7 Å². The maximum absolute atomic E-state index is 4.31. The molecule has 0 radical (unpaired) electrons. The van der Waals surface area contributed by atoms with Crippen LogP contribution in [0.25, 0.3) is 0 Å². The molecule has 0 aromatic carbocycles. The highest BCUT2D eigenvalue weighted by Crippen LogP contribution is 2.10. The summed E-state index contributed by atoms with van der Waals surface area (Å²) < 4.78 is 1.97. The number of rotatable bonds is 6. The average Bonchev–Trinajstić information content (AvgIpc) is 2.64. The Morgan fingerprint density at radius 2 is 2.00 bits per heavy atom. The Morgan fingerprint density at radius 1 is 1.31 bits per heavy atom. The molecule has 4 nitrogen and oxygen atoms in total. The number of hydrogen-bond acceptors (Lipinski definition) is 3. The Morgan fingerprint density at radius 3 is 2.56 bits per heavy atom. The smallest absolute Gasteiger partial charge is 0.138 e. The quantitative estimate of drug-likeness (QED) is 0.802. The highest BCUT2D eigenvalue weighted by Gasteiger charge is 2.16. The molecule has 1 heterocycles. The third-order valence-corrected chi connectivity index (χ3v) is 2.95. The molecule has 92 valence electrons. The van der Waals surface area contributed by atoms with Gasteiger partial charge < -0.3 is 5.32 Å². The van der Waals surface area contributed by atoms with Crippen LogP contribution in [-0.2, 0) is 13.0 Å². The second-order valence-electron chi connectivity index (χ2n) is 4.78. The highest BCUT2D eigenvalue weighted by molar-refractivity contribution is 4.88. The van der Waals surface area contributed by atoms with Crippen LogP contribution in [0.2, 0.25) is 0 Å². The van der Waals surface area contributed by atoms with Gasteiger partial charge in [0.2, 0.25) is 0 Å². The van der Waals surface area contributed by atoms with E-state index in [2.05, 4.69) is 50.0 Å². The molecule has 2 atom stereocenters. The SMILES string of the molecule is CCn1ncnc1CC(C)C(C)NC(C)C. The minimum absolute atomic E-state index is 0.502. The Kier molecular flexibility index (Phi) is 4.93. The molecular weight excluding hydrogens is 200 g/mol. The Hall–Kier alpha value is -0.900. The van der Waals surface area contributed by atoms with Gasteiger partial charge in [-0.2, -0.15) is 5.10 Å². The fraction of sp³-hybridized carbons (Fsp3) is 0.833. The van der Waals surface area contributed by atoms with Gasteiger partial charge in [-0.15, -0.1) is 0 Å². The maximum Gasteiger partial charge on any atom is 0.138 e. The van der Waals surface area contributed by atoms with Gasteiger partial charge in [0, 0.05) is 25.0 Å². The highest BCUT2D eigenvalue weighted by atomic mass is 15.3. The molecule has 1 aromatic rings. The summed E-state index contributed by atoms with van der Waals surface area (Å²) in [4.78, 5) is 4.31. The van der Waals surface area contributed by atoms with Crippen molar-refractivity contribution in [1.29, 1.82) is 0 Å². The molecule has 0 saturated heterocycles. The maximum atomic E-state index is 4.31. The van der Waals surface area contributed by atoms with Crippen LogP contribution in [0.1, 0.15) is 40.4 Å². The number of nitrogens with one attached hydrogen (secondary N) is 1. The molecule has 1 N–H and O–H groups in total. The van der Waals surface area contributed by atoms with Crippen molar-refractivity contribution in [2.24, 2.45) is 5.92 Å².